The maximum atomic E-state index is 11.9. The molecule has 0 spiro atoms. The predicted molar refractivity (Wildman–Crippen MR) is 84.8 cm³/mol. The molecule has 0 aliphatic heterocycles. The van der Waals surface area contributed by atoms with E-state index in [1.165, 1.54) is 0 Å². The largest absolute Gasteiger partial charge is 0.399 e. The van der Waals surface area contributed by atoms with Crippen LogP contribution >= 0.6 is 0 Å². The maximum Gasteiger partial charge on any atom is 0.220 e. The minimum absolute atomic E-state index is 0.00104. The van der Waals surface area contributed by atoms with Gasteiger partial charge < -0.3 is 16.2 Å². The number of nitrogen functional groups attached to an aromatic ring is 1. The molecular weight excluding hydrogens is 264 g/mol. The zero-order chi connectivity index (χ0) is 15.3. The molecule has 21 heavy (non-hydrogen) atoms. The van der Waals surface area contributed by atoms with Crippen molar-refractivity contribution in [3.8, 4) is 0 Å². The summed E-state index contributed by atoms with van der Waals surface area (Å²) in [6.07, 6.45) is 4.78. The number of anilines is 1. The highest BCUT2D eigenvalue weighted by Gasteiger charge is 2.31. The molecule has 0 bridgehead atoms. The molecule has 1 aromatic carbocycles. The molecule has 0 radical (unpaired) electrons. The molecule has 0 heterocycles. The van der Waals surface area contributed by atoms with Crippen LogP contribution in [0.5, 0.6) is 0 Å². The molecule has 4 N–H and O–H groups in total. The summed E-state index contributed by atoms with van der Waals surface area (Å²) in [5, 5.41) is 13.3. The Kier molecular flexibility index (Phi) is 5.23. The standard InChI is InChI=1S/C17H26N2O2/c1-13-8-10-17(21,11-9-13)12-19-16(20)7-4-14-2-5-15(18)6-3-14/h2-3,5-6,13,21H,4,7-12,18H2,1H3,(H,19,20). The predicted octanol–water partition coefficient (Wildman–Crippen LogP) is 2.26. The number of hydrogen-bond donors (Lipinski definition) is 3. The number of amides is 1. The van der Waals surface area contributed by atoms with Crippen molar-refractivity contribution in [3.05, 3.63) is 29.8 Å². The Balaban J connectivity index is 1.71. The van der Waals surface area contributed by atoms with Crippen molar-refractivity contribution < 1.29 is 9.90 Å². The first kappa shape index (κ1) is 15.8. The van der Waals surface area contributed by atoms with E-state index in [1.807, 2.05) is 24.3 Å². The Hall–Kier alpha value is -1.55. The van der Waals surface area contributed by atoms with Crippen molar-refractivity contribution in [2.45, 2.75) is 51.0 Å². The van der Waals surface area contributed by atoms with Gasteiger partial charge in [0.1, 0.15) is 0 Å². The molecule has 0 saturated heterocycles. The van der Waals surface area contributed by atoms with Crippen LogP contribution < -0.4 is 11.1 Å². The number of aryl methyl sites for hydroxylation is 1. The lowest BCUT2D eigenvalue weighted by atomic mass is 9.79. The van der Waals surface area contributed by atoms with Gasteiger partial charge >= 0.3 is 0 Å². The van der Waals surface area contributed by atoms with Crippen LogP contribution in [-0.4, -0.2) is 23.2 Å². The van der Waals surface area contributed by atoms with E-state index in [0.717, 1.165) is 36.9 Å². The number of hydrogen-bond acceptors (Lipinski definition) is 3. The van der Waals surface area contributed by atoms with Crippen LogP contribution in [0.4, 0.5) is 5.69 Å². The molecule has 116 valence electrons. The van der Waals surface area contributed by atoms with Gasteiger partial charge in [-0.15, -0.1) is 0 Å². The number of benzene rings is 1. The van der Waals surface area contributed by atoms with E-state index >= 15 is 0 Å². The number of nitrogens with two attached hydrogens (primary N) is 1. The fourth-order valence-corrected chi connectivity index (χ4v) is 2.77. The zero-order valence-corrected chi connectivity index (χ0v) is 12.8. The summed E-state index contributed by atoms with van der Waals surface area (Å²) in [4.78, 5) is 11.9. The lowest BCUT2D eigenvalue weighted by molar-refractivity contribution is -0.122. The highest BCUT2D eigenvalue weighted by atomic mass is 16.3. The second kappa shape index (κ2) is 6.94. The number of aliphatic hydroxyl groups is 1. The van der Waals surface area contributed by atoms with Crippen LogP contribution in [0.25, 0.3) is 0 Å². The molecule has 1 saturated carbocycles. The quantitative estimate of drug-likeness (QED) is 0.728. The summed E-state index contributed by atoms with van der Waals surface area (Å²) >= 11 is 0. The maximum absolute atomic E-state index is 11.9. The van der Waals surface area contributed by atoms with E-state index in [-0.39, 0.29) is 5.91 Å². The number of carbonyl (C=O) groups is 1. The van der Waals surface area contributed by atoms with Crippen molar-refractivity contribution in [2.75, 3.05) is 12.3 Å². The van der Waals surface area contributed by atoms with Gasteiger partial charge in [0, 0.05) is 18.7 Å². The van der Waals surface area contributed by atoms with Crippen LogP contribution in [0.2, 0.25) is 0 Å². The van der Waals surface area contributed by atoms with E-state index < -0.39 is 5.60 Å². The van der Waals surface area contributed by atoms with Crippen LogP contribution in [-0.2, 0) is 11.2 Å². The Bertz CT molecular complexity index is 462. The van der Waals surface area contributed by atoms with E-state index in [9.17, 15) is 9.90 Å². The third-order valence-electron chi connectivity index (χ3n) is 4.44. The Morgan fingerprint density at radius 1 is 1.33 bits per heavy atom. The SMILES string of the molecule is CC1CCC(O)(CNC(=O)CCc2ccc(N)cc2)CC1. The average molecular weight is 290 g/mol. The monoisotopic (exact) mass is 290 g/mol. The molecule has 1 amide bonds. The second-order valence-electron chi connectivity index (χ2n) is 6.43. The third kappa shape index (κ3) is 5.05. The Labute approximate surface area is 126 Å². The smallest absolute Gasteiger partial charge is 0.220 e. The van der Waals surface area contributed by atoms with Crippen molar-refractivity contribution in [1.82, 2.24) is 5.32 Å². The summed E-state index contributed by atoms with van der Waals surface area (Å²) in [5.41, 5.74) is 6.76. The van der Waals surface area contributed by atoms with Crippen LogP contribution in [0.3, 0.4) is 0 Å². The fourth-order valence-electron chi connectivity index (χ4n) is 2.77. The van der Waals surface area contributed by atoms with E-state index in [1.54, 1.807) is 0 Å². The molecule has 2 rings (SSSR count). The van der Waals surface area contributed by atoms with Crippen molar-refractivity contribution >= 4 is 11.6 Å². The minimum Gasteiger partial charge on any atom is -0.399 e. The van der Waals surface area contributed by atoms with Crippen molar-refractivity contribution in [1.29, 1.82) is 0 Å². The first-order chi connectivity index (χ1) is 9.97. The first-order valence-electron chi connectivity index (χ1n) is 7.80. The minimum atomic E-state index is -0.705. The first-order valence-corrected chi connectivity index (χ1v) is 7.80. The molecule has 0 atom stereocenters. The normalized spacial score (nSPS) is 25.5. The Morgan fingerprint density at radius 2 is 1.95 bits per heavy atom. The van der Waals surface area contributed by atoms with Crippen molar-refractivity contribution in [3.63, 3.8) is 0 Å². The summed E-state index contributed by atoms with van der Waals surface area (Å²) in [7, 11) is 0. The van der Waals surface area contributed by atoms with Gasteiger partial charge in [-0.05, 0) is 55.7 Å². The summed E-state index contributed by atoms with van der Waals surface area (Å²) in [6.45, 7) is 2.59. The highest BCUT2D eigenvalue weighted by Crippen LogP contribution is 2.31. The molecule has 1 fully saturated rings. The van der Waals surface area contributed by atoms with Gasteiger partial charge in [0.05, 0.1) is 5.60 Å². The zero-order valence-electron chi connectivity index (χ0n) is 12.8. The number of nitrogens with one attached hydrogen (secondary N) is 1. The average Bonchev–Trinajstić information content (AvgIpc) is 2.48. The van der Waals surface area contributed by atoms with Gasteiger partial charge in [-0.3, -0.25) is 4.79 Å². The summed E-state index contributed by atoms with van der Waals surface area (Å²) in [5.74, 6) is 0.686. The topological polar surface area (TPSA) is 75.3 Å². The third-order valence-corrected chi connectivity index (χ3v) is 4.44. The van der Waals surface area contributed by atoms with Gasteiger partial charge in [-0.25, -0.2) is 0 Å². The Morgan fingerprint density at radius 3 is 2.57 bits per heavy atom. The molecule has 1 aromatic rings. The van der Waals surface area contributed by atoms with Gasteiger partial charge in [-0.1, -0.05) is 19.1 Å². The summed E-state index contributed by atoms with van der Waals surface area (Å²) < 4.78 is 0. The summed E-state index contributed by atoms with van der Waals surface area (Å²) in [6, 6.07) is 7.58. The van der Waals surface area contributed by atoms with Crippen molar-refractivity contribution in [2.24, 2.45) is 5.92 Å². The number of carbonyl (C=O) groups excluding carboxylic acids is 1. The lowest BCUT2D eigenvalue weighted by Gasteiger charge is -2.34. The lowest BCUT2D eigenvalue weighted by Crippen LogP contribution is -2.45. The molecular formula is C17H26N2O2. The fraction of sp³-hybridized carbons (Fsp3) is 0.588. The number of rotatable bonds is 5. The van der Waals surface area contributed by atoms with E-state index in [2.05, 4.69) is 12.2 Å². The van der Waals surface area contributed by atoms with Crippen LogP contribution in [0.15, 0.2) is 24.3 Å². The van der Waals surface area contributed by atoms with Gasteiger partial charge in [0.15, 0.2) is 0 Å². The molecule has 1 aliphatic carbocycles. The van der Waals surface area contributed by atoms with E-state index in [4.69, 9.17) is 5.73 Å². The molecule has 4 heteroatoms. The molecule has 1 aliphatic rings. The molecule has 4 nitrogen and oxygen atoms in total. The highest BCUT2D eigenvalue weighted by molar-refractivity contribution is 5.76. The molecule has 0 unspecified atom stereocenters. The van der Waals surface area contributed by atoms with Crippen LogP contribution in [0.1, 0.15) is 44.6 Å². The van der Waals surface area contributed by atoms with Gasteiger partial charge in [-0.2, -0.15) is 0 Å². The van der Waals surface area contributed by atoms with Gasteiger partial charge in [0.2, 0.25) is 5.91 Å². The molecule has 0 aromatic heterocycles. The van der Waals surface area contributed by atoms with Gasteiger partial charge in [0.25, 0.3) is 0 Å². The second-order valence-corrected chi connectivity index (χ2v) is 6.43. The van der Waals surface area contributed by atoms with Crippen LogP contribution in [0, 0.1) is 5.92 Å². The van der Waals surface area contributed by atoms with E-state index in [0.29, 0.717) is 25.3 Å².